The first kappa shape index (κ1) is 14.6. The molecule has 0 saturated carbocycles. The van der Waals surface area contributed by atoms with Gasteiger partial charge in [0.15, 0.2) is 11.6 Å². The van der Waals surface area contributed by atoms with Crippen LogP contribution in [0.3, 0.4) is 0 Å². The molecule has 1 heterocycles. The summed E-state index contributed by atoms with van der Waals surface area (Å²) in [7, 11) is 0. The summed E-state index contributed by atoms with van der Waals surface area (Å²) in [4.78, 5) is 4.27. The van der Waals surface area contributed by atoms with Crippen LogP contribution in [0.4, 0.5) is 13.2 Å². The van der Waals surface area contributed by atoms with Crippen LogP contribution in [0.1, 0.15) is 5.82 Å². The zero-order valence-electron chi connectivity index (χ0n) is 10.4. The fraction of sp³-hybridized carbons (Fsp3) is 0.0714. The van der Waals surface area contributed by atoms with Crippen molar-refractivity contribution in [1.82, 2.24) is 9.55 Å². The summed E-state index contributed by atoms with van der Waals surface area (Å²) < 4.78 is 43.3. The monoisotopic (exact) mass is 422 g/mol. The van der Waals surface area contributed by atoms with E-state index in [1.807, 2.05) is 0 Å². The highest BCUT2D eigenvalue weighted by atomic mass is 127. The Morgan fingerprint density at radius 1 is 1.10 bits per heavy atom. The van der Waals surface area contributed by atoms with Crippen LogP contribution in [0.2, 0.25) is 0 Å². The quantitative estimate of drug-likeness (QED) is 0.429. The maximum Gasteiger partial charge on any atom is 0.153 e. The minimum Gasteiger partial charge on any atom is -0.290 e. The lowest BCUT2D eigenvalue weighted by Crippen LogP contribution is -2.06. The maximum absolute atomic E-state index is 14.0. The molecule has 3 rings (SSSR count). The molecule has 0 unspecified atom stereocenters. The number of hydrogen-bond donors (Lipinski definition) is 0. The van der Waals surface area contributed by atoms with Crippen molar-refractivity contribution in [2.75, 3.05) is 0 Å². The van der Waals surface area contributed by atoms with Crippen LogP contribution in [0.5, 0.6) is 0 Å². The predicted molar refractivity (Wildman–Crippen MR) is 83.2 cm³/mol. The first-order valence-corrected chi connectivity index (χ1v) is 7.50. The Kier molecular flexibility index (Phi) is 3.83. The zero-order chi connectivity index (χ0) is 15.1. The van der Waals surface area contributed by atoms with Crippen LogP contribution in [0.25, 0.3) is 16.7 Å². The van der Waals surface area contributed by atoms with E-state index in [-0.39, 0.29) is 17.4 Å². The van der Waals surface area contributed by atoms with Crippen molar-refractivity contribution in [2.45, 2.75) is 5.88 Å². The molecule has 21 heavy (non-hydrogen) atoms. The second kappa shape index (κ2) is 5.49. The third-order valence-electron chi connectivity index (χ3n) is 3.01. The Labute approximate surface area is 136 Å². The topological polar surface area (TPSA) is 17.8 Å². The second-order valence-electron chi connectivity index (χ2n) is 4.35. The first-order chi connectivity index (χ1) is 10.0. The number of alkyl halides is 1. The predicted octanol–water partition coefficient (Wildman–Crippen LogP) is 4.79. The molecule has 0 spiro atoms. The highest BCUT2D eigenvalue weighted by Gasteiger charge is 2.19. The van der Waals surface area contributed by atoms with Gasteiger partial charge in [0.25, 0.3) is 0 Å². The first-order valence-electron chi connectivity index (χ1n) is 5.89. The van der Waals surface area contributed by atoms with Gasteiger partial charge in [-0.1, -0.05) is 0 Å². The van der Waals surface area contributed by atoms with E-state index in [1.54, 1.807) is 18.2 Å². The summed E-state index contributed by atoms with van der Waals surface area (Å²) in [6, 6.07) is 6.53. The zero-order valence-corrected chi connectivity index (χ0v) is 13.3. The molecule has 0 amide bonds. The third kappa shape index (κ3) is 2.50. The molecule has 2 aromatic carbocycles. The van der Waals surface area contributed by atoms with E-state index >= 15 is 0 Å². The number of aromatic nitrogens is 2. The van der Waals surface area contributed by atoms with Gasteiger partial charge in [0.1, 0.15) is 17.3 Å². The lowest BCUT2D eigenvalue weighted by atomic mass is 10.2. The minimum atomic E-state index is -1.00. The molecule has 3 aromatic rings. The fourth-order valence-corrected chi connectivity index (χ4v) is 2.84. The van der Waals surface area contributed by atoms with Crippen LogP contribution >= 0.6 is 34.2 Å². The van der Waals surface area contributed by atoms with E-state index in [9.17, 15) is 13.2 Å². The largest absolute Gasteiger partial charge is 0.290 e. The maximum atomic E-state index is 14.0. The lowest BCUT2D eigenvalue weighted by Gasteiger charge is -2.10. The van der Waals surface area contributed by atoms with E-state index in [4.69, 9.17) is 11.6 Å². The summed E-state index contributed by atoms with van der Waals surface area (Å²) in [6.07, 6.45) is 0. The number of fused-ring (bicyclic) bond motifs is 1. The molecule has 0 N–H and O–H groups in total. The average Bonchev–Trinajstić information content (AvgIpc) is 2.75. The minimum absolute atomic E-state index is 0.0263. The molecule has 1 aromatic heterocycles. The van der Waals surface area contributed by atoms with Crippen molar-refractivity contribution in [1.29, 1.82) is 0 Å². The van der Waals surface area contributed by atoms with Gasteiger partial charge in [-0.15, -0.1) is 11.6 Å². The highest BCUT2D eigenvalue weighted by molar-refractivity contribution is 14.1. The Bertz CT molecular complexity index is 825. The highest BCUT2D eigenvalue weighted by Crippen LogP contribution is 2.28. The van der Waals surface area contributed by atoms with Crippen LogP contribution in [0.15, 0.2) is 30.3 Å². The van der Waals surface area contributed by atoms with Gasteiger partial charge in [0, 0.05) is 15.7 Å². The molecule has 0 bridgehead atoms. The summed E-state index contributed by atoms with van der Waals surface area (Å²) in [5.74, 6) is -2.71. The van der Waals surface area contributed by atoms with Gasteiger partial charge in [-0.3, -0.25) is 4.57 Å². The van der Waals surface area contributed by atoms with Crippen LogP contribution in [-0.2, 0) is 5.88 Å². The number of nitrogens with zero attached hydrogens (tertiary/aromatic N) is 2. The van der Waals surface area contributed by atoms with Crippen LogP contribution in [-0.4, -0.2) is 9.55 Å². The molecule has 0 radical (unpaired) electrons. The molecule has 0 saturated heterocycles. The number of rotatable bonds is 2. The fourth-order valence-electron chi connectivity index (χ4n) is 2.19. The lowest BCUT2D eigenvalue weighted by molar-refractivity contribution is 0.534. The smallest absolute Gasteiger partial charge is 0.153 e. The van der Waals surface area contributed by atoms with E-state index in [0.29, 0.717) is 23.2 Å². The van der Waals surface area contributed by atoms with Crippen molar-refractivity contribution in [3.8, 4) is 5.69 Å². The van der Waals surface area contributed by atoms with Gasteiger partial charge in [0.05, 0.1) is 16.9 Å². The Morgan fingerprint density at radius 2 is 1.76 bits per heavy atom. The Balaban J connectivity index is 2.39. The third-order valence-corrected chi connectivity index (χ3v) is 3.92. The van der Waals surface area contributed by atoms with Gasteiger partial charge in [-0.25, -0.2) is 18.2 Å². The normalized spacial score (nSPS) is 11.3. The summed E-state index contributed by atoms with van der Waals surface area (Å²) in [6.45, 7) is 0. The van der Waals surface area contributed by atoms with Crippen molar-refractivity contribution in [3.63, 3.8) is 0 Å². The van der Waals surface area contributed by atoms with Gasteiger partial charge >= 0.3 is 0 Å². The summed E-state index contributed by atoms with van der Waals surface area (Å²) in [5, 5.41) is 0. The summed E-state index contributed by atoms with van der Waals surface area (Å²) >= 11 is 7.94. The molecule has 0 aliphatic rings. The van der Waals surface area contributed by atoms with Gasteiger partial charge in [-0.05, 0) is 40.8 Å². The van der Waals surface area contributed by atoms with Gasteiger partial charge in [0.2, 0.25) is 0 Å². The average molecular weight is 423 g/mol. The van der Waals surface area contributed by atoms with Crippen molar-refractivity contribution < 1.29 is 13.2 Å². The molecular formula is C14H7ClF3IN2. The molecule has 0 atom stereocenters. The van der Waals surface area contributed by atoms with E-state index < -0.39 is 17.5 Å². The summed E-state index contributed by atoms with van der Waals surface area (Å²) in [5.41, 5.74) is 0.701. The van der Waals surface area contributed by atoms with E-state index in [0.717, 1.165) is 3.57 Å². The Hall–Kier alpha value is -1.28. The molecule has 0 aliphatic heterocycles. The van der Waals surface area contributed by atoms with E-state index in [2.05, 4.69) is 27.6 Å². The molecule has 7 heteroatoms. The SMILES string of the molecule is Fc1cc(F)c(-n2c(CCl)nc3cc(I)ccc32)c(F)c1. The van der Waals surface area contributed by atoms with Crippen LogP contribution in [0, 0.1) is 21.0 Å². The van der Waals surface area contributed by atoms with Gasteiger partial charge < -0.3 is 0 Å². The van der Waals surface area contributed by atoms with Crippen molar-refractivity contribution in [3.05, 3.63) is 57.2 Å². The molecule has 0 fully saturated rings. The van der Waals surface area contributed by atoms with E-state index in [1.165, 1.54) is 4.57 Å². The molecule has 108 valence electrons. The van der Waals surface area contributed by atoms with Gasteiger partial charge in [-0.2, -0.15) is 0 Å². The Morgan fingerprint density at radius 3 is 2.38 bits per heavy atom. The van der Waals surface area contributed by atoms with Crippen molar-refractivity contribution >= 4 is 45.2 Å². The number of imidazole rings is 1. The number of hydrogen-bond acceptors (Lipinski definition) is 1. The standard InChI is InChI=1S/C14H7ClF3IN2/c15-6-13-20-11-5-8(19)1-2-12(11)21(13)14-9(17)3-7(16)4-10(14)18/h1-5H,6H2. The van der Waals surface area contributed by atoms with Crippen molar-refractivity contribution in [2.24, 2.45) is 0 Å². The second-order valence-corrected chi connectivity index (χ2v) is 5.86. The number of halogens is 5. The number of benzene rings is 2. The molecule has 2 nitrogen and oxygen atoms in total. The molecule has 0 aliphatic carbocycles. The molecular weight excluding hydrogens is 416 g/mol. The van der Waals surface area contributed by atoms with Crippen LogP contribution < -0.4 is 0 Å².